The van der Waals surface area contributed by atoms with E-state index in [9.17, 15) is 0 Å². The van der Waals surface area contributed by atoms with Gasteiger partial charge in [-0.05, 0) is 19.4 Å². The monoisotopic (exact) mass is 207 g/mol. The third kappa shape index (κ3) is 3.88. The Hall–Kier alpha value is -1.09. The minimum Gasteiger partial charge on any atom is -0.338 e. The molecule has 0 bridgehead atoms. The van der Waals surface area contributed by atoms with Crippen LogP contribution in [0.3, 0.4) is 0 Å². The molecular formula is C12H21N3. The van der Waals surface area contributed by atoms with Crippen molar-refractivity contribution in [2.75, 3.05) is 6.54 Å². The average Bonchev–Trinajstić information content (AvgIpc) is 2.61. The fourth-order valence-electron chi connectivity index (χ4n) is 1.73. The summed E-state index contributed by atoms with van der Waals surface area (Å²) in [4.78, 5) is 4.32. The lowest BCUT2D eigenvalue weighted by atomic mass is 10.1. The second-order valence-corrected chi connectivity index (χ2v) is 3.77. The van der Waals surface area contributed by atoms with Crippen molar-refractivity contribution in [2.24, 2.45) is 7.05 Å². The van der Waals surface area contributed by atoms with Crippen LogP contribution in [0.4, 0.5) is 0 Å². The maximum Gasteiger partial charge on any atom is 0.108 e. The van der Waals surface area contributed by atoms with Crippen molar-refractivity contribution >= 4 is 0 Å². The summed E-state index contributed by atoms with van der Waals surface area (Å²) >= 11 is 0. The van der Waals surface area contributed by atoms with Crippen LogP contribution in [0.15, 0.2) is 25.0 Å². The van der Waals surface area contributed by atoms with Gasteiger partial charge in [0, 0.05) is 31.9 Å². The van der Waals surface area contributed by atoms with Crippen LogP contribution in [0.2, 0.25) is 0 Å². The first-order valence-corrected chi connectivity index (χ1v) is 5.58. The van der Waals surface area contributed by atoms with E-state index in [1.165, 1.54) is 0 Å². The van der Waals surface area contributed by atoms with Gasteiger partial charge in [-0.2, -0.15) is 0 Å². The molecule has 0 saturated heterocycles. The first kappa shape index (κ1) is 12.0. The van der Waals surface area contributed by atoms with Crippen LogP contribution in [0, 0.1) is 0 Å². The molecule has 0 aromatic carbocycles. The summed E-state index contributed by atoms with van der Waals surface area (Å²) in [5.41, 5.74) is 0. The van der Waals surface area contributed by atoms with Crippen LogP contribution in [0.25, 0.3) is 0 Å². The van der Waals surface area contributed by atoms with Crippen molar-refractivity contribution < 1.29 is 0 Å². The molecule has 0 aliphatic rings. The SMILES string of the molecule is C=CCC(CCc1nccn1C)NCC. The number of imidazole rings is 1. The molecule has 0 aliphatic carbocycles. The molecule has 1 heterocycles. The molecule has 1 unspecified atom stereocenters. The van der Waals surface area contributed by atoms with Crippen LogP contribution < -0.4 is 5.32 Å². The van der Waals surface area contributed by atoms with Crippen LogP contribution in [0.5, 0.6) is 0 Å². The van der Waals surface area contributed by atoms with Gasteiger partial charge in [-0.3, -0.25) is 0 Å². The molecule has 1 atom stereocenters. The number of hydrogen-bond acceptors (Lipinski definition) is 2. The van der Waals surface area contributed by atoms with Crippen LogP contribution in [-0.2, 0) is 13.5 Å². The third-order valence-corrected chi connectivity index (χ3v) is 2.58. The predicted molar refractivity (Wildman–Crippen MR) is 63.8 cm³/mol. The van der Waals surface area contributed by atoms with Gasteiger partial charge in [-0.25, -0.2) is 4.98 Å². The van der Waals surface area contributed by atoms with Crippen molar-refractivity contribution in [3.63, 3.8) is 0 Å². The predicted octanol–water partition coefficient (Wildman–Crippen LogP) is 1.91. The molecule has 1 N–H and O–H groups in total. The number of aryl methyl sites for hydroxylation is 2. The van der Waals surface area contributed by atoms with Gasteiger partial charge in [0.1, 0.15) is 5.82 Å². The lowest BCUT2D eigenvalue weighted by Crippen LogP contribution is -2.29. The second-order valence-electron chi connectivity index (χ2n) is 3.77. The number of hydrogen-bond donors (Lipinski definition) is 1. The highest BCUT2D eigenvalue weighted by Gasteiger charge is 2.07. The number of rotatable bonds is 7. The number of nitrogens with zero attached hydrogens (tertiary/aromatic N) is 2. The van der Waals surface area contributed by atoms with Crippen molar-refractivity contribution in [3.8, 4) is 0 Å². The highest BCUT2D eigenvalue weighted by molar-refractivity contribution is 4.92. The number of nitrogens with one attached hydrogen (secondary N) is 1. The number of aromatic nitrogens is 2. The van der Waals surface area contributed by atoms with E-state index in [4.69, 9.17) is 0 Å². The zero-order valence-corrected chi connectivity index (χ0v) is 9.74. The van der Waals surface area contributed by atoms with Gasteiger partial charge in [-0.15, -0.1) is 6.58 Å². The van der Waals surface area contributed by atoms with Gasteiger partial charge in [0.05, 0.1) is 0 Å². The van der Waals surface area contributed by atoms with E-state index in [0.29, 0.717) is 6.04 Å². The molecule has 0 radical (unpaired) electrons. The molecular weight excluding hydrogens is 186 g/mol. The molecule has 15 heavy (non-hydrogen) atoms. The Morgan fingerprint density at radius 2 is 2.47 bits per heavy atom. The molecule has 3 nitrogen and oxygen atoms in total. The summed E-state index contributed by atoms with van der Waals surface area (Å²) in [5, 5.41) is 3.46. The highest BCUT2D eigenvalue weighted by atomic mass is 15.0. The van der Waals surface area contributed by atoms with Crippen LogP contribution >= 0.6 is 0 Å². The van der Waals surface area contributed by atoms with Crippen molar-refractivity contribution in [3.05, 3.63) is 30.9 Å². The van der Waals surface area contributed by atoms with E-state index in [2.05, 4.69) is 28.4 Å². The zero-order valence-electron chi connectivity index (χ0n) is 9.74. The maximum atomic E-state index is 4.32. The fraction of sp³-hybridized carbons (Fsp3) is 0.583. The summed E-state index contributed by atoms with van der Waals surface area (Å²) in [5.74, 6) is 1.15. The van der Waals surface area contributed by atoms with E-state index >= 15 is 0 Å². The van der Waals surface area contributed by atoms with Gasteiger partial charge in [-0.1, -0.05) is 13.0 Å². The topological polar surface area (TPSA) is 29.9 Å². The minimum absolute atomic E-state index is 0.532. The van der Waals surface area contributed by atoms with Crippen molar-refractivity contribution in [2.45, 2.75) is 32.2 Å². The van der Waals surface area contributed by atoms with Crippen LogP contribution in [-0.4, -0.2) is 22.1 Å². The lowest BCUT2D eigenvalue weighted by Gasteiger charge is -2.15. The quantitative estimate of drug-likeness (QED) is 0.692. The first-order valence-electron chi connectivity index (χ1n) is 5.58. The smallest absolute Gasteiger partial charge is 0.108 e. The van der Waals surface area contributed by atoms with Gasteiger partial charge in [0.15, 0.2) is 0 Å². The fourth-order valence-corrected chi connectivity index (χ4v) is 1.73. The molecule has 0 aliphatic heterocycles. The molecule has 1 aromatic heterocycles. The Balaban J connectivity index is 2.39. The average molecular weight is 207 g/mol. The summed E-state index contributed by atoms with van der Waals surface area (Å²) in [6.07, 6.45) is 8.99. The Bertz CT molecular complexity index is 291. The Morgan fingerprint density at radius 3 is 3.00 bits per heavy atom. The van der Waals surface area contributed by atoms with Crippen molar-refractivity contribution in [1.82, 2.24) is 14.9 Å². The van der Waals surface area contributed by atoms with E-state index in [1.54, 1.807) is 0 Å². The summed E-state index contributed by atoms with van der Waals surface area (Å²) in [6.45, 7) is 6.93. The first-order chi connectivity index (χ1) is 7.27. The largest absolute Gasteiger partial charge is 0.338 e. The molecule has 3 heteroatoms. The highest BCUT2D eigenvalue weighted by Crippen LogP contribution is 2.05. The van der Waals surface area contributed by atoms with E-state index < -0.39 is 0 Å². The summed E-state index contributed by atoms with van der Waals surface area (Å²) in [7, 11) is 2.04. The molecule has 1 rings (SSSR count). The molecule has 0 spiro atoms. The van der Waals surface area contributed by atoms with E-state index in [-0.39, 0.29) is 0 Å². The van der Waals surface area contributed by atoms with Crippen molar-refractivity contribution in [1.29, 1.82) is 0 Å². The van der Waals surface area contributed by atoms with Gasteiger partial charge >= 0.3 is 0 Å². The van der Waals surface area contributed by atoms with E-state index in [0.717, 1.165) is 31.6 Å². The van der Waals surface area contributed by atoms with Crippen LogP contribution in [0.1, 0.15) is 25.6 Å². The maximum absolute atomic E-state index is 4.32. The Labute approximate surface area is 92.2 Å². The van der Waals surface area contributed by atoms with E-state index in [1.807, 2.05) is 25.5 Å². The Kier molecular flexibility index (Phi) is 5.12. The molecule has 0 fully saturated rings. The lowest BCUT2D eigenvalue weighted by molar-refractivity contribution is 0.490. The second kappa shape index (κ2) is 6.40. The molecule has 1 aromatic rings. The Morgan fingerprint density at radius 1 is 1.67 bits per heavy atom. The summed E-state index contributed by atoms with van der Waals surface area (Å²) < 4.78 is 2.08. The van der Waals surface area contributed by atoms with Gasteiger partial charge in [0.25, 0.3) is 0 Å². The summed E-state index contributed by atoms with van der Waals surface area (Å²) in [6, 6.07) is 0.532. The normalized spacial score (nSPS) is 12.7. The standard InChI is InChI=1S/C12H21N3/c1-4-6-11(13-5-2)7-8-12-14-9-10-15(12)3/h4,9-11,13H,1,5-8H2,2-3H3. The zero-order chi connectivity index (χ0) is 11.1. The molecule has 84 valence electrons. The molecule has 0 amide bonds. The third-order valence-electron chi connectivity index (χ3n) is 2.58. The molecule has 0 saturated carbocycles. The van der Waals surface area contributed by atoms with Gasteiger partial charge in [0.2, 0.25) is 0 Å². The minimum atomic E-state index is 0.532. The van der Waals surface area contributed by atoms with Gasteiger partial charge < -0.3 is 9.88 Å².